The number of hydrogen-bond donors (Lipinski definition) is 1. The Bertz CT molecular complexity index is 330. The molecule has 1 aromatic rings. The number of aromatic nitrogens is 1. The largest absolute Gasteiger partial charge is 0.316 e. The molecule has 0 saturated carbocycles. The minimum Gasteiger partial charge on any atom is -0.316 e. The van der Waals surface area contributed by atoms with Gasteiger partial charge in [-0.3, -0.25) is 4.79 Å². The van der Waals surface area contributed by atoms with Gasteiger partial charge in [-0.25, -0.2) is 0 Å². The van der Waals surface area contributed by atoms with E-state index in [4.69, 9.17) is 0 Å². The van der Waals surface area contributed by atoms with Gasteiger partial charge in [0, 0.05) is 24.8 Å². The van der Waals surface area contributed by atoms with E-state index in [1.165, 1.54) is 0 Å². The SMILES string of the molecule is CC(C)NCCCCn1ccccc1=O. The van der Waals surface area contributed by atoms with E-state index in [9.17, 15) is 4.79 Å². The molecule has 84 valence electrons. The van der Waals surface area contributed by atoms with E-state index in [1.807, 2.05) is 12.3 Å². The third-order valence-corrected chi connectivity index (χ3v) is 2.28. The Labute approximate surface area is 91.1 Å². The Kier molecular flexibility index (Phi) is 5.12. The van der Waals surface area contributed by atoms with E-state index in [2.05, 4.69) is 19.2 Å². The molecular weight excluding hydrogens is 188 g/mol. The minimum absolute atomic E-state index is 0.0920. The van der Waals surface area contributed by atoms with E-state index < -0.39 is 0 Å². The molecule has 0 aliphatic rings. The van der Waals surface area contributed by atoms with Crippen molar-refractivity contribution >= 4 is 0 Å². The molecule has 0 bridgehead atoms. The third-order valence-electron chi connectivity index (χ3n) is 2.28. The number of hydrogen-bond acceptors (Lipinski definition) is 2. The average molecular weight is 208 g/mol. The van der Waals surface area contributed by atoms with Gasteiger partial charge in [-0.1, -0.05) is 19.9 Å². The third kappa shape index (κ3) is 4.79. The summed E-state index contributed by atoms with van der Waals surface area (Å²) in [6.07, 6.45) is 4.00. The van der Waals surface area contributed by atoms with Crippen LogP contribution in [0.2, 0.25) is 0 Å². The van der Waals surface area contributed by atoms with E-state index in [0.29, 0.717) is 6.04 Å². The van der Waals surface area contributed by atoms with Gasteiger partial charge in [0.25, 0.3) is 0 Å². The highest BCUT2D eigenvalue weighted by Gasteiger charge is 1.95. The van der Waals surface area contributed by atoms with E-state index in [0.717, 1.165) is 25.9 Å². The summed E-state index contributed by atoms with van der Waals surface area (Å²) in [5.41, 5.74) is 0.0920. The van der Waals surface area contributed by atoms with Crippen LogP contribution in [-0.2, 0) is 6.54 Å². The lowest BCUT2D eigenvalue weighted by molar-refractivity contribution is 0.526. The molecule has 1 N–H and O–H groups in total. The number of aryl methyl sites for hydroxylation is 1. The minimum atomic E-state index is 0.0920. The molecule has 0 saturated heterocycles. The summed E-state index contributed by atoms with van der Waals surface area (Å²) in [6.45, 7) is 6.13. The number of nitrogens with one attached hydrogen (secondary N) is 1. The van der Waals surface area contributed by atoms with Gasteiger partial charge in [0.2, 0.25) is 5.56 Å². The zero-order valence-corrected chi connectivity index (χ0v) is 9.57. The van der Waals surface area contributed by atoms with Gasteiger partial charge in [-0.05, 0) is 25.5 Å². The molecule has 1 heterocycles. The maximum absolute atomic E-state index is 11.3. The van der Waals surface area contributed by atoms with Gasteiger partial charge >= 0.3 is 0 Å². The van der Waals surface area contributed by atoms with Gasteiger partial charge in [-0.15, -0.1) is 0 Å². The van der Waals surface area contributed by atoms with Crippen molar-refractivity contribution in [1.82, 2.24) is 9.88 Å². The molecule has 0 amide bonds. The van der Waals surface area contributed by atoms with Crippen molar-refractivity contribution in [3.8, 4) is 0 Å². The van der Waals surface area contributed by atoms with Crippen LogP contribution in [0, 0.1) is 0 Å². The highest BCUT2D eigenvalue weighted by Crippen LogP contribution is 1.92. The highest BCUT2D eigenvalue weighted by molar-refractivity contribution is 4.92. The maximum Gasteiger partial charge on any atom is 0.250 e. The molecule has 0 aliphatic heterocycles. The van der Waals surface area contributed by atoms with Gasteiger partial charge in [0.05, 0.1) is 0 Å². The monoisotopic (exact) mass is 208 g/mol. The zero-order valence-electron chi connectivity index (χ0n) is 9.57. The maximum atomic E-state index is 11.3. The molecule has 0 aliphatic carbocycles. The highest BCUT2D eigenvalue weighted by atomic mass is 16.1. The summed E-state index contributed by atoms with van der Waals surface area (Å²) in [6, 6.07) is 5.82. The van der Waals surface area contributed by atoms with Crippen molar-refractivity contribution in [3.05, 3.63) is 34.7 Å². The lowest BCUT2D eigenvalue weighted by Gasteiger charge is -2.08. The Morgan fingerprint density at radius 3 is 2.80 bits per heavy atom. The van der Waals surface area contributed by atoms with Crippen molar-refractivity contribution in [2.45, 2.75) is 39.3 Å². The van der Waals surface area contributed by atoms with E-state index >= 15 is 0 Å². The van der Waals surface area contributed by atoms with Crippen molar-refractivity contribution in [2.24, 2.45) is 0 Å². The second kappa shape index (κ2) is 6.40. The van der Waals surface area contributed by atoms with Crippen LogP contribution in [0.4, 0.5) is 0 Å². The van der Waals surface area contributed by atoms with Crippen LogP contribution >= 0.6 is 0 Å². The first-order chi connectivity index (χ1) is 7.20. The molecule has 3 heteroatoms. The molecule has 15 heavy (non-hydrogen) atoms. The first kappa shape index (κ1) is 12.0. The smallest absolute Gasteiger partial charge is 0.250 e. The zero-order chi connectivity index (χ0) is 11.1. The quantitative estimate of drug-likeness (QED) is 0.721. The number of pyridine rings is 1. The normalized spacial score (nSPS) is 10.9. The lowest BCUT2D eigenvalue weighted by Crippen LogP contribution is -2.24. The second-order valence-corrected chi connectivity index (χ2v) is 4.05. The Hall–Kier alpha value is -1.09. The van der Waals surface area contributed by atoms with Crippen molar-refractivity contribution in [3.63, 3.8) is 0 Å². The average Bonchev–Trinajstić information content (AvgIpc) is 2.20. The van der Waals surface area contributed by atoms with E-state index in [-0.39, 0.29) is 5.56 Å². The van der Waals surface area contributed by atoms with Crippen molar-refractivity contribution < 1.29 is 0 Å². The topological polar surface area (TPSA) is 34.0 Å². The fourth-order valence-electron chi connectivity index (χ4n) is 1.44. The number of unbranched alkanes of at least 4 members (excludes halogenated alkanes) is 1. The first-order valence-electron chi connectivity index (χ1n) is 5.59. The molecule has 0 atom stereocenters. The summed E-state index contributed by atoms with van der Waals surface area (Å²) in [5, 5.41) is 3.36. The van der Waals surface area contributed by atoms with Gasteiger partial charge in [0.15, 0.2) is 0 Å². The van der Waals surface area contributed by atoms with Gasteiger partial charge in [-0.2, -0.15) is 0 Å². The van der Waals surface area contributed by atoms with Gasteiger partial charge in [0.1, 0.15) is 0 Å². The van der Waals surface area contributed by atoms with Crippen LogP contribution in [0.3, 0.4) is 0 Å². The predicted molar refractivity (Wildman–Crippen MR) is 63.1 cm³/mol. The van der Waals surface area contributed by atoms with E-state index in [1.54, 1.807) is 16.7 Å². The fraction of sp³-hybridized carbons (Fsp3) is 0.583. The van der Waals surface area contributed by atoms with Gasteiger partial charge < -0.3 is 9.88 Å². The Balaban J connectivity index is 2.21. The summed E-state index contributed by atoms with van der Waals surface area (Å²) < 4.78 is 1.76. The second-order valence-electron chi connectivity index (χ2n) is 4.05. The lowest BCUT2D eigenvalue weighted by atomic mass is 10.3. The Morgan fingerprint density at radius 1 is 1.33 bits per heavy atom. The summed E-state index contributed by atoms with van der Waals surface area (Å²) in [4.78, 5) is 11.3. The molecule has 0 radical (unpaired) electrons. The van der Waals surface area contributed by atoms with Crippen molar-refractivity contribution in [1.29, 1.82) is 0 Å². The van der Waals surface area contributed by atoms with Crippen LogP contribution in [0.5, 0.6) is 0 Å². The van der Waals surface area contributed by atoms with Crippen LogP contribution in [0.15, 0.2) is 29.2 Å². The number of rotatable bonds is 6. The van der Waals surface area contributed by atoms with Crippen LogP contribution in [-0.4, -0.2) is 17.2 Å². The summed E-state index contributed by atoms with van der Waals surface area (Å²) in [5.74, 6) is 0. The van der Waals surface area contributed by atoms with Crippen LogP contribution in [0.25, 0.3) is 0 Å². The summed E-state index contributed by atoms with van der Waals surface area (Å²) >= 11 is 0. The predicted octanol–water partition coefficient (Wildman–Crippen LogP) is 1.63. The molecule has 0 unspecified atom stereocenters. The molecule has 1 rings (SSSR count). The molecular formula is C12H20N2O. The fourth-order valence-corrected chi connectivity index (χ4v) is 1.44. The summed E-state index contributed by atoms with van der Waals surface area (Å²) in [7, 11) is 0. The van der Waals surface area contributed by atoms with Crippen molar-refractivity contribution in [2.75, 3.05) is 6.54 Å². The molecule has 0 spiro atoms. The number of nitrogens with zero attached hydrogens (tertiary/aromatic N) is 1. The first-order valence-corrected chi connectivity index (χ1v) is 5.59. The molecule has 0 fully saturated rings. The molecule has 3 nitrogen and oxygen atoms in total. The molecule has 0 aromatic carbocycles. The standard InChI is InChI=1S/C12H20N2O/c1-11(2)13-8-4-6-10-14-9-5-3-7-12(14)15/h3,5,7,9,11,13H,4,6,8,10H2,1-2H3. The van der Waals surface area contributed by atoms with Crippen LogP contribution < -0.4 is 10.9 Å². The Morgan fingerprint density at radius 2 is 2.13 bits per heavy atom. The molecule has 1 aromatic heterocycles. The van der Waals surface area contributed by atoms with Crippen LogP contribution in [0.1, 0.15) is 26.7 Å².